The molecule has 1 saturated heterocycles. The van der Waals surface area contributed by atoms with Crippen molar-refractivity contribution in [1.29, 1.82) is 0 Å². The highest BCUT2D eigenvalue weighted by Crippen LogP contribution is 2.30. The molecule has 0 saturated carbocycles. The lowest BCUT2D eigenvalue weighted by molar-refractivity contribution is -0.137. The first-order chi connectivity index (χ1) is 13.8. The van der Waals surface area contributed by atoms with Crippen molar-refractivity contribution in [3.8, 4) is 5.75 Å². The molecule has 0 bridgehead atoms. The Morgan fingerprint density at radius 2 is 1.90 bits per heavy atom. The standard InChI is InChI=1S/C18H22F3N5O2S.HI/c19-18(20,21)13-1-3-15(4-2-13)28-12-14(27)11-24-16(22)25-6-8-26(9-7-25)17-23-5-10-29-17;/h1-5,10,14,27H,6-9,11-12H2,(H2,22,24);1H. The SMILES string of the molecule is I.NC(=NCC(O)COc1ccc(C(F)(F)F)cc1)N1CCN(c2nccs2)CC1. The number of ether oxygens (including phenoxy) is 1. The maximum Gasteiger partial charge on any atom is 0.416 e. The molecule has 1 aliphatic heterocycles. The van der Waals surface area contributed by atoms with Gasteiger partial charge >= 0.3 is 6.18 Å². The number of halogens is 4. The summed E-state index contributed by atoms with van der Waals surface area (Å²) in [5.74, 6) is 0.588. The summed E-state index contributed by atoms with van der Waals surface area (Å²) >= 11 is 1.59. The number of thiazole rings is 1. The zero-order valence-electron chi connectivity index (χ0n) is 16.0. The molecule has 2 heterocycles. The molecule has 7 nitrogen and oxygen atoms in total. The molecule has 166 valence electrons. The molecule has 1 aromatic carbocycles. The van der Waals surface area contributed by atoms with Crippen molar-refractivity contribution in [3.05, 3.63) is 41.4 Å². The van der Waals surface area contributed by atoms with Crippen molar-refractivity contribution in [2.24, 2.45) is 10.7 Å². The predicted molar refractivity (Wildman–Crippen MR) is 121 cm³/mol. The van der Waals surface area contributed by atoms with E-state index >= 15 is 0 Å². The Morgan fingerprint density at radius 1 is 1.23 bits per heavy atom. The fourth-order valence-corrected chi connectivity index (χ4v) is 3.48. The Hall–Kier alpha value is -1.80. The van der Waals surface area contributed by atoms with Crippen LogP contribution in [0.25, 0.3) is 0 Å². The summed E-state index contributed by atoms with van der Waals surface area (Å²) in [7, 11) is 0. The number of nitrogens with zero attached hydrogens (tertiary/aromatic N) is 4. The molecule has 3 N–H and O–H groups in total. The van der Waals surface area contributed by atoms with Gasteiger partial charge < -0.3 is 25.4 Å². The van der Waals surface area contributed by atoms with E-state index in [1.807, 2.05) is 10.3 Å². The highest BCUT2D eigenvalue weighted by molar-refractivity contribution is 14.0. The van der Waals surface area contributed by atoms with E-state index in [0.717, 1.165) is 30.4 Å². The third kappa shape index (κ3) is 6.87. The fraction of sp³-hybridized carbons (Fsp3) is 0.444. The molecule has 2 aromatic rings. The molecule has 1 unspecified atom stereocenters. The summed E-state index contributed by atoms with van der Waals surface area (Å²) in [6.45, 7) is 2.91. The van der Waals surface area contributed by atoms with Crippen LogP contribution in [0.15, 0.2) is 40.8 Å². The second-order valence-corrected chi connectivity index (χ2v) is 7.35. The number of aromatic nitrogens is 1. The van der Waals surface area contributed by atoms with Gasteiger partial charge in [0.15, 0.2) is 11.1 Å². The molecule has 1 aromatic heterocycles. The number of nitrogens with two attached hydrogens (primary N) is 1. The number of anilines is 1. The van der Waals surface area contributed by atoms with E-state index < -0.39 is 17.8 Å². The third-order valence-corrected chi connectivity index (χ3v) is 5.21. The summed E-state index contributed by atoms with van der Waals surface area (Å²) in [5.41, 5.74) is 5.26. The minimum Gasteiger partial charge on any atom is -0.491 e. The van der Waals surface area contributed by atoms with Crippen LogP contribution in [0.3, 0.4) is 0 Å². The molecule has 0 spiro atoms. The van der Waals surface area contributed by atoms with E-state index in [4.69, 9.17) is 10.5 Å². The van der Waals surface area contributed by atoms with Crippen LogP contribution in [0, 0.1) is 0 Å². The van der Waals surface area contributed by atoms with Gasteiger partial charge in [-0.2, -0.15) is 13.2 Å². The molecule has 1 atom stereocenters. The first-order valence-corrected chi connectivity index (χ1v) is 9.88. The molecule has 3 rings (SSSR count). The number of piperazine rings is 1. The van der Waals surface area contributed by atoms with Gasteiger partial charge in [0, 0.05) is 37.8 Å². The lowest BCUT2D eigenvalue weighted by atomic mass is 10.2. The van der Waals surface area contributed by atoms with Crippen LogP contribution in [0.4, 0.5) is 18.3 Å². The summed E-state index contributed by atoms with van der Waals surface area (Å²) < 4.78 is 42.9. The van der Waals surface area contributed by atoms with Gasteiger partial charge in [-0.1, -0.05) is 0 Å². The molecule has 12 heteroatoms. The summed E-state index contributed by atoms with van der Waals surface area (Å²) in [6.07, 6.45) is -3.54. The monoisotopic (exact) mass is 557 g/mol. The van der Waals surface area contributed by atoms with Crippen LogP contribution in [0.1, 0.15) is 5.56 Å². The largest absolute Gasteiger partial charge is 0.491 e. The quantitative estimate of drug-likeness (QED) is 0.323. The van der Waals surface area contributed by atoms with Gasteiger partial charge in [0.1, 0.15) is 18.5 Å². The average Bonchev–Trinajstić information content (AvgIpc) is 3.25. The van der Waals surface area contributed by atoms with Crippen LogP contribution >= 0.6 is 35.3 Å². The number of aliphatic imine (C=N–C) groups is 1. The smallest absolute Gasteiger partial charge is 0.416 e. The molecule has 0 radical (unpaired) electrons. The van der Waals surface area contributed by atoms with Crippen LogP contribution < -0.4 is 15.4 Å². The molecule has 1 fully saturated rings. The van der Waals surface area contributed by atoms with Crippen molar-refractivity contribution >= 4 is 46.4 Å². The highest BCUT2D eigenvalue weighted by Gasteiger charge is 2.30. The van der Waals surface area contributed by atoms with Crippen molar-refractivity contribution in [3.63, 3.8) is 0 Å². The van der Waals surface area contributed by atoms with Crippen LogP contribution in [-0.2, 0) is 6.18 Å². The molecule has 30 heavy (non-hydrogen) atoms. The number of guanidine groups is 1. The zero-order chi connectivity index (χ0) is 20.9. The van der Waals surface area contributed by atoms with Gasteiger partial charge in [-0.25, -0.2) is 4.98 Å². The lowest BCUT2D eigenvalue weighted by Gasteiger charge is -2.35. The second-order valence-electron chi connectivity index (χ2n) is 6.47. The van der Waals surface area contributed by atoms with Crippen LogP contribution in [0.2, 0.25) is 0 Å². The normalized spacial score (nSPS) is 16.2. The number of rotatable bonds is 6. The first kappa shape index (κ1) is 24.5. The van der Waals surface area contributed by atoms with Crippen molar-refractivity contribution < 1.29 is 23.0 Å². The Kier molecular flexibility index (Phi) is 8.97. The van der Waals surface area contributed by atoms with E-state index in [-0.39, 0.29) is 42.9 Å². The number of alkyl halides is 3. The Morgan fingerprint density at radius 3 is 2.47 bits per heavy atom. The Balaban J connectivity index is 0.00000320. The number of hydrogen-bond acceptors (Lipinski definition) is 6. The van der Waals surface area contributed by atoms with Gasteiger partial charge in [-0.3, -0.25) is 4.99 Å². The van der Waals surface area contributed by atoms with E-state index in [1.165, 1.54) is 12.1 Å². The minimum absolute atomic E-state index is 0. The topological polar surface area (TPSA) is 87.2 Å². The second kappa shape index (κ2) is 11.0. The predicted octanol–water partition coefficient (Wildman–Crippen LogP) is 2.66. The van der Waals surface area contributed by atoms with Crippen molar-refractivity contribution in [2.75, 3.05) is 44.2 Å². The van der Waals surface area contributed by atoms with E-state index in [1.54, 1.807) is 17.5 Å². The van der Waals surface area contributed by atoms with E-state index in [0.29, 0.717) is 19.0 Å². The van der Waals surface area contributed by atoms with Gasteiger partial charge in [-0.15, -0.1) is 35.3 Å². The molecule has 0 aliphatic carbocycles. The first-order valence-electron chi connectivity index (χ1n) is 9.00. The fourth-order valence-electron chi connectivity index (χ4n) is 2.78. The van der Waals surface area contributed by atoms with Crippen LogP contribution in [-0.4, -0.2) is 66.4 Å². The third-order valence-electron chi connectivity index (χ3n) is 4.38. The molecule has 1 aliphatic rings. The average molecular weight is 557 g/mol. The number of aliphatic hydroxyl groups excluding tert-OH is 1. The highest BCUT2D eigenvalue weighted by atomic mass is 127. The summed E-state index contributed by atoms with van der Waals surface area (Å²) in [4.78, 5) is 12.6. The van der Waals surface area contributed by atoms with Gasteiger partial charge in [0.2, 0.25) is 0 Å². The zero-order valence-corrected chi connectivity index (χ0v) is 19.1. The maximum absolute atomic E-state index is 12.5. The molecular formula is C18H23F3IN5O2S. The summed E-state index contributed by atoms with van der Waals surface area (Å²) in [5, 5.41) is 12.9. The molecular weight excluding hydrogens is 534 g/mol. The summed E-state index contributed by atoms with van der Waals surface area (Å²) in [6, 6.07) is 4.30. The maximum atomic E-state index is 12.5. The van der Waals surface area contributed by atoms with Crippen molar-refractivity contribution in [1.82, 2.24) is 9.88 Å². The Bertz CT molecular complexity index is 797. The Labute approximate surface area is 193 Å². The lowest BCUT2D eigenvalue weighted by Crippen LogP contribution is -2.51. The van der Waals surface area contributed by atoms with Gasteiger partial charge in [-0.05, 0) is 24.3 Å². The van der Waals surface area contributed by atoms with E-state index in [9.17, 15) is 18.3 Å². The van der Waals surface area contributed by atoms with Gasteiger partial charge in [0.05, 0.1) is 12.1 Å². The van der Waals surface area contributed by atoms with Gasteiger partial charge in [0.25, 0.3) is 0 Å². The van der Waals surface area contributed by atoms with E-state index in [2.05, 4.69) is 14.9 Å². The van der Waals surface area contributed by atoms with Crippen LogP contribution in [0.5, 0.6) is 5.75 Å². The number of hydrogen-bond donors (Lipinski definition) is 2. The number of benzene rings is 1. The minimum atomic E-state index is -4.39. The van der Waals surface area contributed by atoms with Crippen molar-refractivity contribution in [2.45, 2.75) is 12.3 Å². The number of aliphatic hydroxyl groups is 1. The molecule has 0 amide bonds.